The molecule has 2 nitrogen and oxygen atoms in total. The third kappa shape index (κ3) is 4.05. The molecule has 0 bridgehead atoms. The number of hydrogen-bond donors (Lipinski definition) is 1. The van der Waals surface area contributed by atoms with Gasteiger partial charge in [-0.2, -0.15) is 0 Å². The lowest BCUT2D eigenvalue weighted by atomic mass is 9.81. The van der Waals surface area contributed by atoms with E-state index >= 15 is 0 Å². The van der Waals surface area contributed by atoms with E-state index in [9.17, 15) is 4.39 Å². The van der Waals surface area contributed by atoms with Crippen LogP contribution in [0.25, 0.3) is 0 Å². The van der Waals surface area contributed by atoms with Gasteiger partial charge < -0.3 is 5.32 Å². The van der Waals surface area contributed by atoms with Gasteiger partial charge in [-0.05, 0) is 42.9 Å². The largest absolute Gasteiger partial charge is 0.312 e. The third-order valence-electron chi connectivity index (χ3n) is 4.07. The van der Waals surface area contributed by atoms with E-state index in [4.69, 9.17) is 0 Å². The van der Waals surface area contributed by atoms with Crippen LogP contribution in [0.5, 0.6) is 0 Å². The first kappa shape index (κ1) is 13.5. The maximum atomic E-state index is 12.9. The lowest BCUT2D eigenvalue weighted by Crippen LogP contribution is -2.26. The van der Waals surface area contributed by atoms with Gasteiger partial charge in [0, 0.05) is 12.7 Å². The van der Waals surface area contributed by atoms with Crippen LogP contribution in [-0.2, 0) is 6.54 Å². The van der Waals surface area contributed by atoms with Crippen LogP contribution in [0.3, 0.4) is 0 Å². The molecule has 0 aliphatic heterocycles. The first-order valence-corrected chi connectivity index (χ1v) is 7.08. The molecular formula is C15H23FN2. The maximum absolute atomic E-state index is 12.9. The SMILES string of the molecule is CCC1CCC(CNCc2cncc(F)c2)CC1. The Morgan fingerprint density at radius 1 is 1.22 bits per heavy atom. The zero-order valence-corrected chi connectivity index (χ0v) is 11.2. The number of nitrogens with one attached hydrogen (secondary N) is 1. The summed E-state index contributed by atoms with van der Waals surface area (Å²) in [5.74, 6) is 1.50. The van der Waals surface area contributed by atoms with Gasteiger partial charge in [0.05, 0.1) is 6.20 Å². The van der Waals surface area contributed by atoms with Gasteiger partial charge >= 0.3 is 0 Å². The molecule has 0 radical (unpaired) electrons. The van der Waals surface area contributed by atoms with Crippen molar-refractivity contribution in [1.29, 1.82) is 0 Å². The quantitative estimate of drug-likeness (QED) is 0.864. The Morgan fingerprint density at radius 3 is 2.61 bits per heavy atom. The lowest BCUT2D eigenvalue weighted by Gasteiger charge is -2.27. The number of hydrogen-bond acceptors (Lipinski definition) is 2. The van der Waals surface area contributed by atoms with Crippen molar-refractivity contribution in [1.82, 2.24) is 10.3 Å². The number of pyridine rings is 1. The zero-order chi connectivity index (χ0) is 12.8. The van der Waals surface area contributed by atoms with Crippen LogP contribution in [-0.4, -0.2) is 11.5 Å². The first-order chi connectivity index (χ1) is 8.78. The minimum Gasteiger partial charge on any atom is -0.312 e. The molecule has 18 heavy (non-hydrogen) atoms. The lowest BCUT2D eigenvalue weighted by molar-refractivity contribution is 0.262. The van der Waals surface area contributed by atoms with Crippen LogP contribution in [0.15, 0.2) is 18.5 Å². The Bertz CT molecular complexity index is 359. The summed E-state index contributed by atoms with van der Waals surface area (Å²) in [5, 5.41) is 3.42. The molecule has 0 saturated heterocycles. The zero-order valence-electron chi connectivity index (χ0n) is 11.2. The fraction of sp³-hybridized carbons (Fsp3) is 0.667. The average Bonchev–Trinajstić information content (AvgIpc) is 2.40. The van der Waals surface area contributed by atoms with Crippen molar-refractivity contribution in [3.63, 3.8) is 0 Å². The predicted octanol–water partition coefficient (Wildman–Crippen LogP) is 3.53. The van der Waals surface area contributed by atoms with Gasteiger partial charge in [0.15, 0.2) is 0 Å². The summed E-state index contributed by atoms with van der Waals surface area (Å²) in [5.41, 5.74) is 0.928. The molecule has 3 heteroatoms. The summed E-state index contributed by atoms with van der Waals surface area (Å²) in [4.78, 5) is 3.86. The van der Waals surface area contributed by atoms with Crippen LogP contribution in [0.1, 0.15) is 44.6 Å². The minimum absolute atomic E-state index is 0.252. The van der Waals surface area contributed by atoms with Crippen LogP contribution in [0.4, 0.5) is 4.39 Å². The second-order valence-electron chi connectivity index (χ2n) is 5.44. The Morgan fingerprint density at radius 2 is 1.94 bits per heavy atom. The second-order valence-corrected chi connectivity index (χ2v) is 5.44. The van der Waals surface area contributed by atoms with Crippen molar-refractivity contribution in [2.75, 3.05) is 6.54 Å². The molecule has 1 fully saturated rings. The van der Waals surface area contributed by atoms with Gasteiger partial charge in [0.25, 0.3) is 0 Å². The van der Waals surface area contributed by atoms with Gasteiger partial charge in [-0.25, -0.2) is 4.39 Å². The van der Waals surface area contributed by atoms with Gasteiger partial charge in [-0.3, -0.25) is 4.98 Å². The van der Waals surface area contributed by atoms with Gasteiger partial charge in [-0.15, -0.1) is 0 Å². The summed E-state index contributed by atoms with van der Waals surface area (Å²) >= 11 is 0. The van der Waals surface area contributed by atoms with Crippen molar-refractivity contribution >= 4 is 0 Å². The molecule has 100 valence electrons. The monoisotopic (exact) mass is 250 g/mol. The highest BCUT2D eigenvalue weighted by Crippen LogP contribution is 2.30. The molecule has 1 aliphatic carbocycles. The van der Waals surface area contributed by atoms with E-state index in [1.54, 1.807) is 12.3 Å². The van der Waals surface area contributed by atoms with E-state index in [-0.39, 0.29) is 5.82 Å². The number of rotatable bonds is 5. The standard InChI is InChI=1S/C15H23FN2/c1-2-12-3-5-13(6-4-12)8-17-9-14-7-15(16)11-18-10-14/h7,10-13,17H,2-6,8-9H2,1H3. The second kappa shape index (κ2) is 6.83. The summed E-state index contributed by atoms with van der Waals surface area (Å²) < 4.78 is 12.9. The highest BCUT2D eigenvalue weighted by Gasteiger charge is 2.19. The normalized spacial score (nSPS) is 24.1. The summed E-state index contributed by atoms with van der Waals surface area (Å²) in [7, 11) is 0. The van der Waals surface area contributed by atoms with E-state index in [0.29, 0.717) is 0 Å². The highest BCUT2D eigenvalue weighted by atomic mass is 19.1. The molecular weight excluding hydrogens is 227 g/mol. The number of nitrogens with zero attached hydrogens (tertiary/aromatic N) is 1. The van der Waals surface area contributed by atoms with E-state index in [0.717, 1.165) is 30.5 Å². The summed E-state index contributed by atoms with van der Waals surface area (Å²) in [6.45, 7) is 4.06. The van der Waals surface area contributed by atoms with E-state index in [2.05, 4.69) is 17.2 Å². The van der Waals surface area contributed by atoms with Crippen LogP contribution < -0.4 is 5.32 Å². The van der Waals surface area contributed by atoms with Crippen molar-refractivity contribution < 1.29 is 4.39 Å². The molecule has 0 aromatic carbocycles. The Hall–Kier alpha value is -0.960. The third-order valence-corrected chi connectivity index (χ3v) is 4.07. The van der Waals surface area contributed by atoms with E-state index in [1.165, 1.54) is 38.3 Å². The van der Waals surface area contributed by atoms with Crippen molar-refractivity contribution in [3.05, 3.63) is 29.8 Å². The molecule has 1 aliphatic rings. The molecule has 1 heterocycles. The first-order valence-electron chi connectivity index (χ1n) is 7.08. The van der Waals surface area contributed by atoms with Gasteiger partial charge in [-0.1, -0.05) is 26.2 Å². The molecule has 1 saturated carbocycles. The average molecular weight is 250 g/mol. The molecule has 1 aromatic heterocycles. The van der Waals surface area contributed by atoms with Crippen molar-refractivity contribution in [2.45, 2.75) is 45.6 Å². The van der Waals surface area contributed by atoms with E-state index < -0.39 is 0 Å². The fourth-order valence-corrected chi connectivity index (χ4v) is 2.82. The molecule has 1 N–H and O–H groups in total. The highest BCUT2D eigenvalue weighted by molar-refractivity contribution is 5.09. The maximum Gasteiger partial charge on any atom is 0.141 e. The fourth-order valence-electron chi connectivity index (χ4n) is 2.82. The molecule has 0 unspecified atom stereocenters. The van der Waals surface area contributed by atoms with Crippen LogP contribution >= 0.6 is 0 Å². The van der Waals surface area contributed by atoms with Crippen molar-refractivity contribution in [2.24, 2.45) is 11.8 Å². The smallest absolute Gasteiger partial charge is 0.141 e. The summed E-state index contributed by atoms with van der Waals surface area (Å²) in [6, 6.07) is 1.55. The molecule has 0 spiro atoms. The molecule has 0 amide bonds. The Balaban J connectivity index is 1.67. The van der Waals surface area contributed by atoms with Gasteiger partial charge in [0.2, 0.25) is 0 Å². The molecule has 1 aromatic rings. The van der Waals surface area contributed by atoms with Crippen LogP contribution in [0.2, 0.25) is 0 Å². The van der Waals surface area contributed by atoms with Crippen molar-refractivity contribution in [3.8, 4) is 0 Å². The Kier molecular flexibility index (Phi) is 5.12. The predicted molar refractivity (Wildman–Crippen MR) is 71.6 cm³/mol. The number of halogens is 1. The molecule has 2 rings (SSSR count). The molecule has 0 atom stereocenters. The van der Waals surface area contributed by atoms with Gasteiger partial charge in [0.1, 0.15) is 5.82 Å². The van der Waals surface area contributed by atoms with E-state index in [1.807, 2.05) is 0 Å². The topological polar surface area (TPSA) is 24.9 Å². The van der Waals surface area contributed by atoms with Crippen LogP contribution in [0, 0.1) is 17.7 Å². The minimum atomic E-state index is -0.252. The Labute approximate surface area is 109 Å². The summed E-state index contributed by atoms with van der Waals surface area (Å²) in [6.07, 6.45) is 9.74. The number of aromatic nitrogens is 1.